The summed E-state index contributed by atoms with van der Waals surface area (Å²) in [4.78, 5) is 37.3. The monoisotopic (exact) mass is 328 g/mol. The lowest BCUT2D eigenvalue weighted by molar-refractivity contribution is -0.148. The fourth-order valence-corrected chi connectivity index (χ4v) is 7.05. The lowest BCUT2D eigenvalue weighted by Gasteiger charge is -2.56. The maximum Gasteiger partial charge on any atom is 0.155 e. The van der Waals surface area contributed by atoms with E-state index in [0.29, 0.717) is 30.5 Å². The number of carbonyl (C=O) groups is 3. The first-order chi connectivity index (χ1) is 11.3. The Bertz CT molecular complexity index is 660. The highest BCUT2D eigenvalue weighted by Crippen LogP contribution is 2.65. The fourth-order valence-electron chi connectivity index (χ4n) is 7.05. The molecule has 3 nitrogen and oxygen atoms in total. The minimum Gasteiger partial charge on any atom is -0.300 e. The average molecular weight is 328 g/mol. The molecular weight excluding hydrogens is 300 g/mol. The van der Waals surface area contributed by atoms with Crippen molar-refractivity contribution >= 4 is 17.3 Å². The summed E-state index contributed by atoms with van der Waals surface area (Å²) in [6, 6.07) is 0. The van der Waals surface area contributed by atoms with Gasteiger partial charge in [-0.05, 0) is 67.8 Å². The van der Waals surface area contributed by atoms with E-state index in [4.69, 9.17) is 0 Å². The second kappa shape index (κ2) is 5.12. The molecule has 4 aliphatic rings. The normalized spacial score (nSPS) is 47.5. The van der Waals surface area contributed by atoms with Crippen molar-refractivity contribution < 1.29 is 14.4 Å². The van der Waals surface area contributed by atoms with Gasteiger partial charge in [0.25, 0.3) is 0 Å². The van der Waals surface area contributed by atoms with Crippen LogP contribution in [0.5, 0.6) is 0 Å². The van der Waals surface area contributed by atoms with Crippen LogP contribution in [0, 0.1) is 34.5 Å². The zero-order valence-electron chi connectivity index (χ0n) is 15.1. The minimum absolute atomic E-state index is 0.0603. The zero-order valence-corrected chi connectivity index (χ0v) is 15.1. The number of ketones is 3. The van der Waals surface area contributed by atoms with Gasteiger partial charge in [-0.15, -0.1) is 0 Å². The molecule has 0 aromatic heterocycles. The summed E-state index contributed by atoms with van der Waals surface area (Å²) in [5.74, 6) is 1.86. The van der Waals surface area contributed by atoms with Gasteiger partial charge in [0, 0.05) is 24.7 Å². The number of rotatable bonds is 1. The zero-order chi connectivity index (χ0) is 17.3. The molecule has 0 aliphatic heterocycles. The number of hydrogen-bond acceptors (Lipinski definition) is 3. The van der Waals surface area contributed by atoms with Crippen molar-refractivity contribution in [2.75, 3.05) is 0 Å². The maximum absolute atomic E-state index is 13.3. The van der Waals surface area contributed by atoms with Gasteiger partial charge < -0.3 is 0 Å². The molecule has 0 bridgehead atoms. The summed E-state index contributed by atoms with van der Waals surface area (Å²) in [5.41, 5.74) is 0.966. The molecule has 0 unspecified atom stereocenters. The first-order valence-electron chi connectivity index (χ1n) is 9.54. The first-order valence-corrected chi connectivity index (χ1v) is 9.54. The molecule has 24 heavy (non-hydrogen) atoms. The Morgan fingerprint density at radius 3 is 2.58 bits per heavy atom. The van der Waals surface area contributed by atoms with Crippen molar-refractivity contribution in [2.45, 2.75) is 65.7 Å². The highest BCUT2D eigenvalue weighted by Gasteiger charge is 2.62. The first kappa shape index (κ1) is 16.2. The van der Waals surface area contributed by atoms with Gasteiger partial charge in [0.1, 0.15) is 11.6 Å². The van der Waals surface area contributed by atoms with Gasteiger partial charge >= 0.3 is 0 Å². The number of fused-ring (bicyclic) bond motifs is 5. The van der Waals surface area contributed by atoms with E-state index in [0.717, 1.165) is 32.1 Å². The second-order valence-corrected chi connectivity index (χ2v) is 9.23. The van der Waals surface area contributed by atoms with Gasteiger partial charge in [0.15, 0.2) is 5.78 Å². The smallest absolute Gasteiger partial charge is 0.155 e. The SMILES string of the molecule is CC(=O)[C@@H]1CC[C@H]2[C@@H]3CCC4=CC(=O)CC[C@]4(C)[C@H]3C(=O)C[C@]12C. The summed E-state index contributed by atoms with van der Waals surface area (Å²) in [7, 11) is 0. The Hall–Kier alpha value is -1.25. The number of hydrogen-bond donors (Lipinski definition) is 0. The van der Waals surface area contributed by atoms with E-state index >= 15 is 0 Å². The largest absolute Gasteiger partial charge is 0.300 e. The van der Waals surface area contributed by atoms with Crippen molar-refractivity contribution in [3.8, 4) is 0 Å². The van der Waals surface area contributed by atoms with E-state index in [2.05, 4.69) is 13.8 Å². The molecule has 130 valence electrons. The molecule has 0 N–H and O–H groups in total. The van der Waals surface area contributed by atoms with E-state index < -0.39 is 0 Å². The fraction of sp³-hybridized carbons (Fsp3) is 0.762. The highest BCUT2D eigenvalue weighted by molar-refractivity contribution is 5.93. The van der Waals surface area contributed by atoms with Crippen LogP contribution in [0.3, 0.4) is 0 Å². The second-order valence-electron chi connectivity index (χ2n) is 9.23. The predicted molar refractivity (Wildman–Crippen MR) is 91.3 cm³/mol. The van der Waals surface area contributed by atoms with Crippen LogP contribution in [0.4, 0.5) is 0 Å². The van der Waals surface area contributed by atoms with Gasteiger partial charge in [-0.3, -0.25) is 14.4 Å². The Kier molecular flexibility index (Phi) is 3.47. The lowest BCUT2D eigenvalue weighted by atomic mass is 9.46. The molecule has 0 heterocycles. The van der Waals surface area contributed by atoms with Gasteiger partial charge in [0.05, 0.1) is 0 Å². The molecule has 3 saturated carbocycles. The molecule has 0 aromatic rings. The molecule has 4 aliphatic carbocycles. The van der Waals surface area contributed by atoms with Crippen LogP contribution in [0.2, 0.25) is 0 Å². The number of allylic oxidation sites excluding steroid dienone is 1. The van der Waals surface area contributed by atoms with E-state index in [1.54, 1.807) is 6.92 Å². The number of carbonyl (C=O) groups excluding carboxylic acids is 3. The average Bonchev–Trinajstić information content (AvgIpc) is 2.84. The van der Waals surface area contributed by atoms with Crippen molar-refractivity contribution in [2.24, 2.45) is 34.5 Å². The van der Waals surface area contributed by atoms with Crippen LogP contribution in [-0.2, 0) is 14.4 Å². The molecule has 3 fully saturated rings. The van der Waals surface area contributed by atoms with E-state index in [-0.39, 0.29) is 34.2 Å². The Morgan fingerprint density at radius 2 is 1.88 bits per heavy atom. The molecular formula is C21H28O3. The molecule has 3 heteroatoms. The quantitative estimate of drug-likeness (QED) is 0.733. The molecule has 0 saturated heterocycles. The molecule has 4 rings (SSSR count). The third-order valence-electron chi connectivity index (χ3n) is 8.14. The Morgan fingerprint density at radius 1 is 1.12 bits per heavy atom. The minimum atomic E-state index is -0.133. The Labute approximate surface area is 144 Å². The van der Waals surface area contributed by atoms with Crippen LogP contribution in [0.1, 0.15) is 65.7 Å². The van der Waals surface area contributed by atoms with Crippen LogP contribution in [0.25, 0.3) is 0 Å². The Balaban J connectivity index is 1.74. The van der Waals surface area contributed by atoms with E-state index in [1.807, 2.05) is 6.08 Å². The summed E-state index contributed by atoms with van der Waals surface area (Å²) in [6.07, 6.45) is 7.80. The topological polar surface area (TPSA) is 51.2 Å². The van der Waals surface area contributed by atoms with Gasteiger partial charge in [-0.2, -0.15) is 0 Å². The molecule has 0 spiro atoms. The summed E-state index contributed by atoms with van der Waals surface area (Å²) in [5, 5.41) is 0. The van der Waals surface area contributed by atoms with Crippen LogP contribution >= 0.6 is 0 Å². The van der Waals surface area contributed by atoms with Gasteiger partial charge in [0.2, 0.25) is 0 Å². The molecule has 0 amide bonds. The maximum atomic E-state index is 13.3. The molecule has 0 radical (unpaired) electrons. The standard InChI is InChI=1S/C21H28O3/c1-12(22)16-6-7-17-15-5-4-13-10-14(23)8-9-20(13,2)19(15)18(24)11-21(16,17)3/h10,15-17,19H,4-9,11H2,1-3H3/t15-,16-,17-,19+,20-,21+/m0/s1. The van der Waals surface area contributed by atoms with Crippen molar-refractivity contribution in [1.82, 2.24) is 0 Å². The third kappa shape index (κ3) is 1.99. The van der Waals surface area contributed by atoms with Gasteiger partial charge in [-0.1, -0.05) is 19.4 Å². The summed E-state index contributed by atoms with van der Waals surface area (Å²) < 4.78 is 0. The molecule has 0 aromatic carbocycles. The third-order valence-corrected chi connectivity index (χ3v) is 8.14. The van der Waals surface area contributed by atoms with Gasteiger partial charge in [-0.25, -0.2) is 0 Å². The summed E-state index contributed by atoms with van der Waals surface area (Å²) >= 11 is 0. The molecule has 6 atom stereocenters. The predicted octanol–water partition coefficient (Wildman–Crippen LogP) is 3.90. The van der Waals surface area contributed by atoms with Crippen LogP contribution in [0.15, 0.2) is 11.6 Å². The lowest BCUT2D eigenvalue weighted by Crippen LogP contribution is -2.55. The van der Waals surface area contributed by atoms with Crippen LogP contribution in [-0.4, -0.2) is 17.3 Å². The van der Waals surface area contributed by atoms with Crippen molar-refractivity contribution in [3.63, 3.8) is 0 Å². The van der Waals surface area contributed by atoms with E-state index in [9.17, 15) is 14.4 Å². The van der Waals surface area contributed by atoms with Crippen molar-refractivity contribution in [1.29, 1.82) is 0 Å². The number of Topliss-reactive ketones (excluding diaryl/α,β-unsaturated/α-hetero) is 2. The van der Waals surface area contributed by atoms with Crippen LogP contribution < -0.4 is 0 Å². The van der Waals surface area contributed by atoms with Crippen molar-refractivity contribution in [3.05, 3.63) is 11.6 Å². The highest BCUT2D eigenvalue weighted by atomic mass is 16.1. The summed E-state index contributed by atoms with van der Waals surface area (Å²) in [6.45, 7) is 6.12. The van der Waals surface area contributed by atoms with E-state index in [1.165, 1.54) is 5.57 Å².